The van der Waals surface area contributed by atoms with Crippen molar-refractivity contribution in [2.24, 2.45) is 11.5 Å². The van der Waals surface area contributed by atoms with Crippen LogP contribution in [0.25, 0.3) is 0 Å². The van der Waals surface area contributed by atoms with Crippen molar-refractivity contribution in [3.8, 4) is 5.75 Å². The molecule has 7 nitrogen and oxygen atoms in total. The number of amides is 1. The first-order chi connectivity index (χ1) is 12.1. The van der Waals surface area contributed by atoms with Gasteiger partial charge in [0.1, 0.15) is 11.8 Å². The summed E-state index contributed by atoms with van der Waals surface area (Å²) in [6.45, 7) is 1.23. The maximum Gasteiger partial charge on any atom is 0.246 e. The van der Waals surface area contributed by atoms with Gasteiger partial charge in [0.05, 0.1) is 7.11 Å². The largest absolute Gasteiger partial charge is 0.497 e. The zero-order valence-electron chi connectivity index (χ0n) is 14.3. The number of carbonyl (C=O) groups is 1. The topological polar surface area (TPSA) is 128 Å². The molecule has 0 saturated heterocycles. The van der Waals surface area contributed by atoms with Crippen LogP contribution in [0.2, 0.25) is 0 Å². The van der Waals surface area contributed by atoms with Crippen LogP contribution < -0.4 is 32.6 Å². The van der Waals surface area contributed by atoms with Crippen LogP contribution in [0, 0.1) is 0 Å². The van der Waals surface area contributed by atoms with Crippen LogP contribution in [-0.4, -0.2) is 26.1 Å². The number of carbonyl (C=O) groups excluding carboxylic acids is 1. The number of methoxy groups -OCH3 is 1. The summed E-state index contributed by atoms with van der Waals surface area (Å²) >= 11 is 0. The lowest BCUT2D eigenvalue weighted by atomic mass is 10.1. The maximum absolute atomic E-state index is 12.8. The summed E-state index contributed by atoms with van der Waals surface area (Å²) in [4.78, 5) is 12.8. The van der Waals surface area contributed by atoms with Gasteiger partial charge < -0.3 is 32.6 Å². The third-order valence-corrected chi connectivity index (χ3v) is 3.81. The molecule has 8 N–H and O–H groups in total. The van der Waals surface area contributed by atoms with Crippen LogP contribution in [0.1, 0.15) is 17.2 Å². The average molecular weight is 343 g/mol. The van der Waals surface area contributed by atoms with Crippen molar-refractivity contribution in [2.45, 2.75) is 12.6 Å². The second kappa shape index (κ2) is 9.03. The lowest BCUT2D eigenvalue weighted by molar-refractivity contribution is -0.118. The highest BCUT2D eigenvalue weighted by Crippen LogP contribution is 2.22. The predicted octanol–water partition coefficient (Wildman–Crippen LogP) is 0.964. The summed E-state index contributed by atoms with van der Waals surface area (Å²) in [6, 6.07) is 12.1. The molecule has 134 valence electrons. The van der Waals surface area contributed by atoms with Gasteiger partial charge in [-0.05, 0) is 41.5 Å². The molecule has 0 heterocycles. The molecule has 7 heteroatoms. The molecule has 1 amide bonds. The van der Waals surface area contributed by atoms with Gasteiger partial charge in [-0.1, -0.05) is 12.1 Å². The number of anilines is 2. The Labute approximate surface area is 147 Å². The predicted molar refractivity (Wildman–Crippen MR) is 100 cm³/mol. The van der Waals surface area contributed by atoms with Gasteiger partial charge in [-0.3, -0.25) is 4.79 Å². The second-order valence-corrected chi connectivity index (χ2v) is 5.56. The van der Waals surface area contributed by atoms with E-state index < -0.39 is 6.04 Å². The van der Waals surface area contributed by atoms with Gasteiger partial charge in [0.2, 0.25) is 5.91 Å². The number of rotatable bonds is 8. The molecule has 0 saturated carbocycles. The summed E-state index contributed by atoms with van der Waals surface area (Å²) in [5, 5.41) is 6.05. The fourth-order valence-corrected chi connectivity index (χ4v) is 2.49. The highest BCUT2D eigenvalue weighted by molar-refractivity contribution is 5.95. The summed E-state index contributed by atoms with van der Waals surface area (Å²) in [5.41, 5.74) is 19.9. The van der Waals surface area contributed by atoms with Crippen molar-refractivity contribution >= 4 is 17.3 Å². The van der Waals surface area contributed by atoms with Crippen LogP contribution in [0.3, 0.4) is 0 Å². The molecular formula is C18H25N5O2. The first-order valence-corrected chi connectivity index (χ1v) is 8.05. The fraction of sp³-hybridized carbons (Fsp3) is 0.278. The van der Waals surface area contributed by atoms with Crippen molar-refractivity contribution in [1.29, 1.82) is 0 Å². The SMILES string of the molecule is COc1cccc(C(NCCN)C(=O)Nc2ccc(N)c(CN)c2)c1. The Kier molecular flexibility index (Phi) is 6.76. The summed E-state index contributed by atoms with van der Waals surface area (Å²) in [7, 11) is 1.59. The fourth-order valence-electron chi connectivity index (χ4n) is 2.49. The van der Waals surface area contributed by atoms with E-state index in [1.54, 1.807) is 25.3 Å². The number of benzene rings is 2. The number of ether oxygens (including phenoxy) is 1. The summed E-state index contributed by atoms with van der Waals surface area (Å²) in [6.07, 6.45) is 0. The van der Waals surface area contributed by atoms with E-state index in [0.29, 0.717) is 36.8 Å². The third kappa shape index (κ3) is 4.93. The molecule has 1 unspecified atom stereocenters. The molecule has 2 aromatic carbocycles. The Morgan fingerprint density at radius 1 is 1.20 bits per heavy atom. The molecule has 2 rings (SSSR count). The number of nitrogens with one attached hydrogen (secondary N) is 2. The zero-order chi connectivity index (χ0) is 18.2. The second-order valence-electron chi connectivity index (χ2n) is 5.56. The van der Waals surface area contributed by atoms with Crippen molar-refractivity contribution < 1.29 is 9.53 Å². The monoisotopic (exact) mass is 343 g/mol. The minimum Gasteiger partial charge on any atom is -0.497 e. The van der Waals surface area contributed by atoms with E-state index in [4.69, 9.17) is 21.9 Å². The molecular weight excluding hydrogens is 318 g/mol. The smallest absolute Gasteiger partial charge is 0.246 e. The molecule has 0 fully saturated rings. The van der Waals surface area contributed by atoms with Crippen LogP contribution in [0.5, 0.6) is 5.75 Å². The molecule has 0 aliphatic carbocycles. The Balaban J connectivity index is 2.23. The van der Waals surface area contributed by atoms with Crippen molar-refractivity contribution in [2.75, 3.05) is 31.2 Å². The van der Waals surface area contributed by atoms with Gasteiger partial charge in [-0.25, -0.2) is 0 Å². The van der Waals surface area contributed by atoms with E-state index in [-0.39, 0.29) is 5.91 Å². The van der Waals surface area contributed by atoms with E-state index in [1.165, 1.54) is 0 Å². The molecule has 0 bridgehead atoms. The molecule has 25 heavy (non-hydrogen) atoms. The number of nitrogens with two attached hydrogens (primary N) is 3. The number of nitrogen functional groups attached to an aromatic ring is 1. The quantitative estimate of drug-likeness (QED) is 0.454. The standard InChI is InChI=1S/C18H25N5O2/c1-25-15-4-2-3-12(10-15)17(22-8-7-19)18(24)23-14-5-6-16(21)13(9-14)11-20/h2-6,9-10,17,22H,7-8,11,19-21H2,1H3,(H,23,24). The molecule has 0 radical (unpaired) electrons. The van der Waals surface area contributed by atoms with Gasteiger partial charge in [0.25, 0.3) is 0 Å². The molecule has 2 aromatic rings. The number of hydrogen-bond acceptors (Lipinski definition) is 6. The van der Waals surface area contributed by atoms with Gasteiger partial charge >= 0.3 is 0 Å². The summed E-state index contributed by atoms with van der Waals surface area (Å²) < 4.78 is 5.24. The van der Waals surface area contributed by atoms with Crippen LogP contribution in [-0.2, 0) is 11.3 Å². The van der Waals surface area contributed by atoms with Gasteiger partial charge in [0, 0.05) is 31.0 Å². The van der Waals surface area contributed by atoms with Gasteiger partial charge in [-0.2, -0.15) is 0 Å². The van der Waals surface area contributed by atoms with Gasteiger partial charge in [-0.15, -0.1) is 0 Å². The Morgan fingerprint density at radius 2 is 2.00 bits per heavy atom. The lowest BCUT2D eigenvalue weighted by Gasteiger charge is -2.19. The molecule has 0 spiro atoms. The zero-order valence-corrected chi connectivity index (χ0v) is 14.3. The van der Waals surface area contributed by atoms with Gasteiger partial charge in [0.15, 0.2) is 0 Å². The highest BCUT2D eigenvalue weighted by atomic mass is 16.5. The van der Waals surface area contributed by atoms with E-state index >= 15 is 0 Å². The highest BCUT2D eigenvalue weighted by Gasteiger charge is 2.20. The van der Waals surface area contributed by atoms with Crippen molar-refractivity contribution in [3.05, 3.63) is 53.6 Å². The minimum absolute atomic E-state index is 0.200. The molecule has 1 atom stereocenters. The van der Waals surface area contributed by atoms with Crippen LogP contribution in [0.15, 0.2) is 42.5 Å². The Bertz CT molecular complexity index is 720. The number of hydrogen-bond donors (Lipinski definition) is 5. The van der Waals surface area contributed by atoms with E-state index in [9.17, 15) is 4.79 Å². The third-order valence-electron chi connectivity index (χ3n) is 3.81. The molecule has 0 aromatic heterocycles. The van der Waals surface area contributed by atoms with Crippen molar-refractivity contribution in [1.82, 2.24) is 5.32 Å². The van der Waals surface area contributed by atoms with Crippen LogP contribution >= 0.6 is 0 Å². The van der Waals surface area contributed by atoms with E-state index in [2.05, 4.69) is 10.6 Å². The molecule has 0 aliphatic rings. The first-order valence-electron chi connectivity index (χ1n) is 8.05. The van der Waals surface area contributed by atoms with E-state index in [0.717, 1.165) is 11.1 Å². The molecule has 0 aliphatic heterocycles. The summed E-state index contributed by atoms with van der Waals surface area (Å²) in [5.74, 6) is 0.484. The lowest BCUT2D eigenvalue weighted by Crippen LogP contribution is -2.35. The maximum atomic E-state index is 12.8. The Hall–Kier alpha value is -2.61. The van der Waals surface area contributed by atoms with Crippen molar-refractivity contribution in [3.63, 3.8) is 0 Å². The normalized spacial score (nSPS) is 11.8. The van der Waals surface area contributed by atoms with E-state index in [1.807, 2.05) is 24.3 Å². The average Bonchev–Trinajstić information content (AvgIpc) is 2.63. The Morgan fingerprint density at radius 3 is 2.68 bits per heavy atom. The van der Waals surface area contributed by atoms with Crippen LogP contribution in [0.4, 0.5) is 11.4 Å². The first kappa shape index (κ1) is 18.7. The minimum atomic E-state index is -0.558.